The molecule has 0 fully saturated rings. The molecule has 0 saturated heterocycles. The molecule has 0 aliphatic heterocycles. The van der Waals surface area contributed by atoms with Crippen LogP contribution in [0, 0.1) is 10.1 Å². The number of nitro groups is 1. The minimum absolute atomic E-state index is 0.0766. The fourth-order valence-corrected chi connectivity index (χ4v) is 2.40. The number of ether oxygens (including phenoxy) is 1. The van der Waals surface area contributed by atoms with Crippen LogP contribution in [0.25, 0.3) is 0 Å². The quantitative estimate of drug-likeness (QED) is 0.469. The second-order valence-electron chi connectivity index (χ2n) is 5.70. The highest BCUT2D eigenvalue weighted by Gasteiger charge is 2.04. The van der Waals surface area contributed by atoms with Crippen molar-refractivity contribution in [1.82, 2.24) is 5.43 Å². The van der Waals surface area contributed by atoms with Crippen LogP contribution in [-0.4, -0.2) is 4.92 Å². The van der Waals surface area contributed by atoms with Gasteiger partial charge in [0.2, 0.25) is 0 Å². The van der Waals surface area contributed by atoms with Crippen LogP contribution in [0.2, 0.25) is 0 Å². The van der Waals surface area contributed by atoms with Crippen LogP contribution in [0.1, 0.15) is 11.1 Å². The summed E-state index contributed by atoms with van der Waals surface area (Å²) in [7, 11) is 0. The third kappa shape index (κ3) is 5.06. The summed E-state index contributed by atoms with van der Waals surface area (Å²) in [6.07, 6.45) is 0. The Morgan fingerprint density at radius 2 is 1.65 bits per heavy atom. The molecule has 0 amide bonds. The van der Waals surface area contributed by atoms with E-state index in [1.54, 1.807) is 12.1 Å². The van der Waals surface area contributed by atoms with Crippen molar-refractivity contribution in [3.05, 3.63) is 100 Å². The smallest absolute Gasteiger partial charge is 0.269 e. The van der Waals surface area contributed by atoms with Crippen LogP contribution in [0.5, 0.6) is 5.75 Å². The van der Waals surface area contributed by atoms with Crippen LogP contribution in [0.15, 0.2) is 78.9 Å². The number of nitro benzene ring substituents is 1. The van der Waals surface area contributed by atoms with Crippen LogP contribution < -0.4 is 15.6 Å². The van der Waals surface area contributed by atoms with E-state index >= 15 is 0 Å². The van der Waals surface area contributed by atoms with Crippen LogP contribution in [-0.2, 0) is 13.2 Å². The number of nitrogens with one attached hydrogen (secondary N) is 2. The molecule has 3 aromatic carbocycles. The Morgan fingerprint density at radius 3 is 2.38 bits per heavy atom. The van der Waals surface area contributed by atoms with E-state index in [-0.39, 0.29) is 5.69 Å². The maximum Gasteiger partial charge on any atom is 0.269 e. The van der Waals surface area contributed by atoms with Crippen molar-refractivity contribution in [2.75, 3.05) is 5.43 Å². The van der Waals surface area contributed by atoms with E-state index in [2.05, 4.69) is 10.9 Å². The van der Waals surface area contributed by atoms with E-state index in [0.717, 1.165) is 22.6 Å². The largest absolute Gasteiger partial charge is 0.489 e. The minimum Gasteiger partial charge on any atom is -0.489 e. The third-order valence-corrected chi connectivity index (χ3v) is 3.75. The molecule has 0 saturated carbocycles. The number of non-ortho nitro benzene ring substituents is 1. The summed E-state index contributed by atoms with van der Waals surface area (Å²) in [6, 6.07) is 24.0. The second kappa shape index (κ2) is 8.64. The van der Waals surface area contributed by atoms with E-state index in [1.165, 1.54) is 12.1 Å². The van der Waals surface area contributed by atoms with E-state index in [1.807, 2.05) is 54.6 Å². The first kappa shape index (κ1) is 17.4. The molecular weight excluding hydrogens is 330 g/mol. The zero-order valence-electron chi connectivity index (χ0n) is 14.1. The van der Waals surface area contributed by atoms with Gasteiger partial charge < -0.3 is 10.2 Å². The van der Waals surface area contributed by atoms with Gasteiger partial charge in [-0.15, -0.1) is 0 Å². The van der Waals surface area contributed by atoms with Crippen molar-refractivity contribution in [2.45, 2.75) is 13.2 Å². The average molecular weight is 349 g/mol. The van der Waals surface area contributed by atoms with Gasteiger partial charge >= 0.3 is 0 Å². The highest BCUT2D eigenvalue weighted by Crippen LogP contribution is 2.17. The Bertz CT molecular complexity index is 852. The van der Waals surface area contributed by atoms with Crippen molar-refractivity contribution < 1.29 is 9.66 Å². The van der Waals surface area contributed by atoms with E-state index in [9.17, 15) is 10.1 Å². The molecule has 0 aliphatic carbocycles. The van der Waals surface area contributed by atoms with Gasteiger partial charge in [0, 0.05) is 24.4 Å². The number of hydrazine groups is 1. The molecule has 0 aliphatic rings. The molecule has 3 aromatic rings. The van der Waals surface area contributed by atoms with Gasteiger partial charge in [-0.25, -0.2) is 5.43 Å². The Hall–Kier alpha value is -3.38. The summed E-state index contributed by atoms with van der Waals surface area (Å²) in [6.45, 7) is 1.00. The molecule has 0 heterocycles. The van der Waals surface area contributed by atoms with Gasteiger partial charge in [0.25, 0.3) is 5.69 Å². The van der Waals surface area contributed by atoms with Gasteiger partial charge in [-0.05, 0) is 47.5 Å². The first-order valence-corrected chi connectivity index (χ1v) is 8.20. The molecule has 6 heteroatoms. The average Bonchev–Trinajstić information content (AvgIpc) is 2.68. The predicted octanol–water partition coefficient (Wildman–Crippen LogP) is 4.29. The summed E-state index contributed by atoms with van der Waals surface area (Å²) in [4.78, 5) is 10.3. The highest BCUT2D eigenvalue weighted by atomic mass is 16.6. The number of anilines is 1. The van der Waals surface area contributed by atoms with Gasteiger partial charge in [0.15, 0.2) is 0 Å². The molecule has 0 unspecified atom stereocenters. The standard InChI is InChI=1S/C20H19N3O3/c24-23(25)19-11-9-16(10-12-19)15-26-20-8-4-5-17(13-20)14-21-22-18-6-2-1-3-7-18/h1-13,21-22H,14-15H2. The number of hydrogen-bond acceptors (Lipinski definition) is 5. The lowest BCUT2D eigenvalue weighted by molar-refractivity contribution is -0.384. The summed E-state index contributed by atoms with van der Waals surface area (Å²) >= 11 is 0. The van der Waals surface area contributed by atoms with Gasteiger partial charge in [-0.3, -0.25) is 10.1 Å². The molecule has 0 spiro atoms. The molecule has 0 atom stereocenters. The Morgan fingerprint density at radius 1 is 0.885 bits per heavy atom. The van der Waals surface area contributed by atoms with Gasteiger partial charge in [-0.2, -0.15) is 0 Å². The summed E-state index contributed by atoms with van der Waals surface area (Å²) in [5.74, 6) is 0.752. The number of para-hydroxylation sites is 1. The Labute approximate surface area is 151 Å². The minimum atomic E-state index is -0.412. The van der Waals surface area contributed by atoms with Crippen molar-refractivity contribution >= 4 is 11.4 Å². The number of benzene rings is 3. The Kier molecular flexibility index (Phi) is 5.80. The molecule has 26 heavy (non-hydrogen) atoms. The zero-order valence-corrected chi connectivity index (χ0v) is 14.1. The van der Waals surface area contributed by atoms with Crippen molar-refractivity contribution in [3.63, 3.8) is 0 Å². The van der Waals surface area contributed by atoms with E-state index < -0.39 is 4.92 Å². The molecule has 132 valence electrons. The monoisotopic (exact) mass is 349 g/mol. The van der Waals surface area contributed by atoms with Gasteiger partial charge in [0.1, 0.15) is 12.4 Å². The Balaban J connectivity index is 1.51. The van der Waals surface area contributed by atoms with Gasteiger partial charge in [0.05, 0.1) is 4.92 Å². The van der Waals surface area contributed by atoms with Crippen molar-refractivity contribution in [2.24, 2.45) is 0 Å². The molecule has 6 nitrogen and oxygen atoms in total. The van der Waals surface area contributed by atoms with Crippen LogP contribution >= 0.6 is 0 Å². The number of hydrogen-bond donors (Lipinski definition) is 2. The first-order chi connectivity index (χ1) is 12.7. The fourth-order valence-electron chi connectivity index (χ4n) is 2.40. The van der Waals surface area contributed by atoms with Gasteiger partial charge in [-0.1, -0.05) is 30.3 Å². The lowest BCUT2D eigenvalue weighted by atomic mass is 10.2. The van der Waals surface area contributed by atoms with E-state index in [4.69, 9.17) is 4.74 Å². The molecule has 0 radical (unpaired) electrons. The predicted molar refractivity (Wildman–Crippen MR) is 101 cm³/mol. The summed E-state index contributed by atoms with van der Waals surface area (Å²) < 4.78 is 5.78. The second-order valence-corrected chi connectivity index (χ2v) is 5.70. The number of rotatable bonds is 8. The van der Waals surface area contributed by atoms with Crippen LogP contribution in [0.4, 0.5) is 11.4 Å². The SMILES string of the molecule is O=[N+]([O-])c1ccc(COc2cccc(CNNc3ccccc3)c2)cc1. The summed E-state index contributed by atoms with van der Waals surface area (Å²) in [5.41, 5.74) is 9.34. The first-order valence-electron chi connectivity index (χ1n) is 8.20. The zero-order chi connectivity index (χ0) is 18.2. The van der Waals surface area contributed by atoms with Crippen molar-refractivity contribution in [1.29, 1.82) is 0 Å². The third-order valence-electron chi connectivity index (χ3n) is 3.75. The molecule has 0 aromatic heterocycles. The van der Waals surface area contributed by atoms with Crippen LogP contribution in [0.3, 0.4) is 0 Å². The summed E-state index contributed by atoms with van der Waals surface area (Å²) in [5, 5.41) is 10.7. The normalized spacial score (nSPS) is 10.3. The fraction of sp³-hybridized carbons (Fsp3) is 0.100. The number of nitrogens with zero attached hydrogens (tertiary/aromatic N) is 1. The maximum atomic E-state index is 10.7. The molecule has 3 rings (SSSR count). The molecule has 2 N–H and O–H groups in total. The lowest BCUT2D eigenvalue weighted by Crippen LogP contribution is -2.20. The topological polar surface area (TPSA) is 76.4 Å². The maximum absolute atomic E-state index is 10.7. The van der Waals surface area contributed by atoms with E-state index in [0.29, 0.717) is 13.2 Å². The molecular formula is C20H19N3O3. The van der Waals surface area contributed by atoms with Crippen molar-refractivity contribution in [3.8, 4) is 5.75 Å². The molecule has 0 bridgehead atoms. The lowest BCUT2D eigenvalue weighted by Gasteiger charge is -2.10. The highest BCUT2D eigenvalue weighted by molar-refractivity contribution is 5.41.